The highest BCUT2D eigenvalue weighted by molar-refractivity contribution is 9.10. The summed E-state index contributed by atoms with van der Waals surface area (Å²) in [6.45, 7) is 0. The second kappa shape index (κ2) is 5.81. The Morgan fingerprint density at radius 2 is 1.73 bits per heavy atom. The molecule has 0 atom stereocenters. The van der Waals surface area contributed by atoms with Gasteiger partial charge in [0.2, 0.25) is 0 Å². The van der Waals surface area contributed by atoms with Gasteiger partial charge in [-0.15, -0.1) is 0 Å². The molecule has 0 fully saturated rings. The Labute approximate surface area is 133 Å². The summed E-state index contributed by atoms with van der Waals surface area (Å²) in [4.78, 5) is 11.4. The van der Waals surface area contributed by atoms with Crippen LogP contribution in [-0.4, -0.2) is 16.1 Å². The Kier molecular flexibility index (Phi) is 3.85. The molecule has 6 heteroatoms. The van der Waals surface area contributed by atoms with Crippen molar-refractivity contribution in [3.05, 3.63) is 70.3 Å². The second-order valence-corrected chi connectivity index (χ2v) is 5.29. The molecule has 0 aliphatic heterocycles. The van der Waals surface area contributed by atoms with Crippen molar-refractivity contribution in [2.24, 2.45) is 0 Å². The lowest BCUT2D eigenvalue weighted by molar-refractivity contribution is 0.112. The summed E-state index contributed by atoms with van der Waals surface area (Å²) in [6, 6.07) is 11.7. The Hall–Kier alpha value is -2.34. The lowest BCUT2D eigenvalue weighted by Gasteiger charge is -2.04. The number of hydrogen-bond donors (Lipinski definition) is 0. The van der Waals surface area contributed by atoms with Crippen molar-refractivity contribution in [1.82, 2.24) is 9.78 Å². The molecule has 0 N–H and O–H groups in total. The van der Waals surface area contributed by atoms with E-state index in [1.54, 1.807) is 18.2 Å². The van der Waals surface area contributed by atoms with E-state index in [0.717, 1.165) is 0 Å². The van der Waals surface area contributed by atoms with Crippen LogP contribution in [0.1, 0.15) is 10.4 Å². The molecule has 1 aromatic heterocycles. The first-order valence-electron chi connectivity index (χ1n) is 6.36. The second-order valence-electron chi connectivity index (χ2n) is 4.54. The molecule has 2 aromatic carbocycles. The topological polar surface area (TPSA) is 34.9 Å². The zero-order chi connectivity index (χ0) is 15.7. The van der Waals surface area contributed by atoms with E-state index in [1.165, 1.54) is 35.0 Å². The molecular formula is C16H9BrF2N2O. The number of hydrogen-bond acceptors (Lipinski definition) is 2. The first-order valence-corrected chi connectivity index (χ1v) is 7.15. The van der Waals surface area contributed by atoms with Gasteiger partial charge in [0.25, 0.3) is 0 Å². The first kappa shape index (κ1) is 14.6. The molecular weight excluding hydrogens is 354 g/mol. The number of aldehydes is 1. The molecule has 0 aliphatic carbocycles. The van der Waals surface area contributed by atoms with Crippen LogP contribution in [0.15, 0.2) is 53.1 Å². The molecule has 3 aromatic rings. The van der Waals surface area contributed by atoms with Crippen LogP contribution in [0, 0.1) is 11.6 Å². The van der Waals surface area contributed by atoms with Crippen molar-refractivity contribution in [3.63, 3.8) is 0 Å². The van der Waals surface area contributed by atoms with Crippen molar-refractivity contribution >= 4 is 22.2 Å². The van der Waals surface area contributed by atoms with Gasteiger partial charge in [-0.1, -0.05) is 12.1 Å². The van der Waals surface area contributed by atoms with E-state index in [2.05, 4.69) is 21.0 Å². The van der Waals surface area contributed by atoms with E-state index >= 15 is 0 Å². The number of benzene rings is 2. The summed E-state index contributed by atoms with van der Waals surface area (Å²) >= 11 is 3.27. The fourth-order valence-corrected chi connectivity index (χ4v) is 2.67. The zero-order valence-electron chi connectivity index (χ0n) is 11.1. The number of carbonyl (C=O) groups is 1. The van der Waals surface area contributed by atoms with E-state index in [9.17, 15) is 13.6 Å². The quantitative estimate of drug-likeness (QED) is 0.647. The van der Waals surface area contributed by atoms with E-state index < -0.39 is 5.82 Å². The maximum absolute atomic E-state index is 13.9. The largest absolute Gasteiger partial charge is 0.298 e. The third-order valence-corrected chi connectivity index (χ3v) is 3.94. The van der Waals surface area contributed by atoms with E-state index in [-0.39, 0.29) is 17.1 Å². The Balaban J connectivity index is 2.21. The van der Waals surface area contributed by atoms with Gasteiger partial charge < -0.3 is 0 Å². The number of nitrogens with zero attached hydrogens (tertiary/aromatic N) is 2. The van der Waals surface area contributed by atoms with Crippen LogP contribution in [-0.2, 0) is 0 Å². The molecule has 110 valence electrons. The summed E-state index contributed by atoms with van der Waals surface area (Å²) in [5.41, 5.74) is 1.41. The van der Waals surface area contributed by atoms with Crippen LogP contribution < -0.4 is 0 Å². The van der Waals surface area contributed by atoms with E-state index in [4.69, 9.17) is 0 Å². The third-order valence-electron chi connectivity index (χ3n) is 3.18. The van der Waals surface area contributed by atoms with Gasteiger partial charge in [0.05, 0.1) is 5.56 Å². The summed E-state index contributed by atoms with van der Waals surface area (Å²) < 4.78 is 28.6. The minimum absolute atomic E-state index is 0.214. The van der Waals surface area contributed by atoms with Crippen LogP contribution in [0.25, 0.3) is 16.9 Å². The third kappa shape index (κ3) is 2.46. The van der Waals surface area contributed by atoms with Crippen molar-refractivity contribution in [2.45, 2.75) is 0 Å². The maximum atomic E-state index is 13.9. The predicted molar refractivity (Wildman–Crippen MR) is 82.0 cm³/mol. The molecule has 3 rings (SSSR count). The standard InChI is InChI=1S/C16H9BrF2N2O/c17-16-12(9-22)15(10-5-7-11(18)8-6-10)20-21(16)14-4-2-1-3-13(14)19/h1-9H. The van der Waals surface area contributed by atoms with Crippen molar-refractivity contribution in [3.8, 4) is 16.9 Å². The maximum Gasteiger partial charge on any atom is 0.155 e. The first-order chi connectivity index (χ1) is 10.6. The normalized spacial score (nSPS) is 10.7. The molecule has 0 saturated carbocycles. The number of aromatic nitrogens is 2. The average molecular weight is 363 g/mol. The Morgan fingerprint density at radius 1 is 1.05 bits per heavy atom. The Bertz CT molecular complexity index is 844. The van der Waals surface area contributed by atoms with Gasteiger partial charge in [0, 0.05) is 5.56 Å². The fraction of sp³-hybridized carbons (Fsp3) is 0. The van der Waals surface area contributed by atoms with Gasteiger partial charge in [-0.3, -0.25) is 4.79 Å². The predicted octanol–water partition coefficient (Wildman–Crippen LogP) is 4.39. The lowest BCUT2D eigenvalue weighted by Crippen LogP contribution is -2.00. The van der Waals surface area contributed by atoms with Gasteiger partial charge >= 0.3 is 0 Å². The SMILES string of the molecule is O=Cc1c(-c2ccc(F)cc2)nn(-c2ccccc2F)c1Br. The number of carbonyl (C=O) groups excluding carboxylic acids is 1. The number of rotatable bonds is 3. The molecule has 0 saturated heterocycles. The van der Waals surface area contributed by atoms with Crippen molar-refractivity contribution in [1.29, 1.82) is 0 Å². The van der Waals surface area contributed by atoms with Crippen LogP contribution in [0.2, 0.25) is 0 Å². The molecule has 0 spiro atoms. The highest BCUT2D eigenvalue weighted by atomic mass is 79.9. The highest BCUT2D eigenvalue weighted by Crippen LogP contribution is 2.30. The Morgan fingerprint density at radius 3 is 2.36 bits per heavy atom. The summed E-state index contributed by atoms with van der Waals surface area (Å²) in [7, 11) is 0. The molecule has 22 heavy (non-hydrogen) atoms. The summed E-state index contributed by atoms with van der Waals surface area (Å²) in [5.74, 6) is -0.849. The average Bonchev–Trinajstić information content (AvgIpc) is 2.85. The molecule has 1 heterocycles. The van der Waals surface area contributed by atoms with E-state index in [1.807, 2.05) is 0 Å². The van der Waals surface area contributed by atoms with Crippen molar-refractivity contribution < 1.29 is 13.6 Å². The van der Waals surface area contributed by atoms with Crippen LogP contribution in [0.4, 0.5) is 8.78 Å². The number of para-hydroxylation sites is 1. The molecule has 0 amide bonds. The number of halogens is 3. The van der Waals surface area contributed by atoms with Gasteiger partial charge in [-0.05, 0) is 52.3 Å². The monoisotopic (exact) mass is 362 g/mol. The molecule has 0 radical (unpaired) electrons. The van der Waals surface area contributed by atoms with Gasteiger partial charge in [-0.25, -0.2) is 13.5 Å². The molecule has 0 unspecified atom stereocenters. The van der Waals surface area contributed by atoms with Gasteiger partial charge in [0.1, 0.15) is 27.6 Å². The lowest BCUT2D eigenvalue weighted by atomic mass is 10.1. The van der Waals surface area contributed by atoms with Crippen LogP contribution in [0.3, 0.4) is 0 Å². The van der Waals surface area contributed by atoms with Crippen LogP contribution >= 0.6 is 15.9 Å². The molecule has 0 aliphatic rings. The molecule has 0 bridgehead atoms. The fourth-order valence-electron chi connectivity index (χ4n) is 2.12. The van der Waals surface area contributed by atoms with E-state index in [0.29, 0.717) is 22.1 Å². The summed E-state index contributed by atoms with van der Waals surface area (Å²) in [6.07, 6.45) is 0.632. The highest BCUT2D eigenvalue weighted by Gasteiger charge is 2.19. The van der Waals surface area contributed by atoms with Gasteiger partial charge in [-0.2, -0.15) is 5.10 Å². The summed E-state index contributed by atoms with van der Waals surface area (Å²) in [5, 5.41) is 4.29. The smallest absolute Gasteiger partial charge is 0.155 e. The minimum Gasteiger partial charge on any atom is -0.298 e. The van der Waals surface area contributed by atoms with Crippen LogP contribution in [0.5, 0.6) is 0 Å². The minimum atomic E-state index is -0.464. The zero-order valence-corrected chi connectivity index (χ0v) is 12.7. The van der Waals surface area contributed by atoms with Gasteiger partial charge in [0.15, 0.2) is 6.29 Å². The molecule has 3 nitrogen and oxygen atoms in total. The van der Waals surface area contributed by atoms with Crippen molar-refractivity contribution in [2.75, 3.05) is 0 Å².